The fourth-order valence-corrected chi connectivity index (χ4v) is 2.63. The molecule has 2 N–H and O–H groups in total. The lowest BCUT2D eigenvalue weighted by Gasteiger charge is -2.26. The van der Waals surface area contributed by atoms with Gasteiger partial charge in [-0.05, 0) is 30.5 Å². The number of pyridine rings is 1. The van der Waals surface area contributed by atoms with E-state index in [-0.39, 0.29) is 12.0 Å². The van der Waals surface area contributed by atoms with E-state index in [1.54, 1.807) is 12.3 Å². The summed E-state index contributed by atoms with van der Waals surface area (Å²) in [6, 6.07) is 5.75. The van der Waals surface area contributed by atoms with Crippen LogP contribution in [-0.2, 0) is 6.54 Å². The highest BCUT2D eigenvalue weighted by Crippen LogP contribution is 2.36. The highest BCUT2D eigenvalue weighted by atomic mass is 16.3. The molecule has 0 radical (unpaired) electrons. The molecule has 0 aliphatic heterocycles. The second kappa shape index (κ2) is 5.94. The summed E-state index contributed by atoms with van der Waals surface area (Å²) >= 11 is 0. The molecule has 0 unspecified atom stereocenters. The minimum Gasteiger partial charge on any atom is -0.396 e. The molecule has 1 aromatic rings. The van der Waals surface area contributed by atoms with Crippen molar-refractivity contribution in [3.8, 4) is 6.07 Å². The summed E-state index contributed by atoms with van der Waals surface area (Å²) in [5, 5.41) is 21.7. The normalized spacial score (nSPS) is 17.6. The Morgan fingerprint density at radius 1 is 1.44 bits per heavy atom. The molecule has 0 atom stereocenters. The lowest BCUT2D eigenvalue weighted by Crippen LogP contribution is -2.34. The van der Waals surface area contributed by atoms with Crippen molar-refractivity contribution in [3.63, 3.8) is 0 Å². The molecule has 18 heavy (non-hydrogen) atoms. The molecule has 4 heteroatoms. The van der Waals surface area contributed by atoms with Crippen molar-refractivity contribution in [3.05, 3.63) is 29.6 Å². The Balaban J connectivity index is 1.86. The maximum atomic E-state index is 9.50. The van der Waals surface area contributed by atoms with E-state index in [0.717, 1.165) is 31.5 Å². The summed E-state index contributed by atoms with van der Waals surface area (Å²) in [6.07, 6.45) is 6.31. The van der Waals surface area contributed by atoms with Crippen LogP contribution in [0.2, 0.25) is 0 Å². The number of aliphatic hydroxyl groups excluding tert-OH is 1. The van der Waals surface area contributed by atoms with E-state index in [0.29, 0.717) is 5.69 Å². The van der Waals surface area contributed by atoms with Gasteiger partial charge in [0, 0.05) is 31.3 Å². The number of hydrogen-bond acceptors (Lipinski definition) is 4. The maximum Gasteiger partial charge on any atom is 0.140 e. The Labute approximate surface area is 108 Å². The van der Waals surface area contributed by atoms with Gasteiger partial charge in [0.15, 0.2) is 0 Å². The summed E-state index contributed by atoms with van der Waals surface area (Å²) in [5.74, 6) is 0. The predicted molar refractivity (Wildman–Crippen MR) is 68.6 cm³/mol. The molecular formula is C14H19N3O. The van der Waals surface area contributed by atoms with E-state index in [9.17, 15) is 5.11 Å². The molecule has 1 saturated carbocycles. The van der Waals surface area contributed by atoms with Crippen LogP contribution in [0.3, 0.4) is 0 Å². The average Bonchev–Trinajstić information content (AvgIpc) is 2.88. The summed E-state index contributed by atoms with van der Waals surface area (Å²) in [7, 11) is 0. The minimum atomic E-state index is 0.0745. The van der Waals surface area contributed by atoms with E-state index in [1.165, 1.54) is 12.8 Å². The number of rotatable bonds is 5. The molecule has 1 aromatic heterocycles. The second-order valence-electron chi connectivity index (χ2n) is 5.13. The van der Waals surface area contributed by atoms with Crippen LogP contribution in [-0.4, -0.2) is 23.2 Å². The molecule has 1 aliphatic rings. The molecule has 4 nitrogen and oxygen atoms in total. The molecule has 0 aromatic carbocycles. The monoisotopic (exact) mass is 245 g/mol. The van der Waals surface area contributed by atoms with Crippen molar-refractivity contribution in [2.45, 2.75) is 32.2 Å². The van der Waals surface area contributed by atoms with Crippen molar-refractivity contribution < 1.29 is 5.11 Å². The Kier molecular flexibility index (Phi) is 4.29. The number of aliphatic hydroxyl groups is 1. The van der Waals surface area contributed by atoms with Gasteiger partial charge < -0.3 is 10.4 Å². The smallest absolute Gasteiger partial charge is 0.140 e. The predicted octanol–water partition coefficient (Wildman–Crippen LogP) is 1.60. The highest BCUT2D eigenvalue weighted by Gasteiger charge is 2.32. The first-order valence-electron chi connectivity index (χ1n) is 6.45. The maximum absolute atomic E-state index is 9.50. The molecule has 1 aliphatic carbocycles. The Bertz CT molecular complexity index is 433. The van der Waals surface area contributed by atoms with Gasteiger partial charge in [0.1, 0.15) is 11.8 Å². The zero-order chi connectivity index (χ0) is 12.8. The zero-order valence-electron chi connectivity index (χ0n) is 10.5. The van der Waals surface area contributed by atoms with Crippen LogP contribution in [0, 0.1) is 16.7 Å². The van der Waals surface area contributed by atoms with Crippen molar-refractivity contribution in [2.75, 3.05) is 13.2 Å². The van der Waals surface area contributed by atoms with Crippen LogP contribution in [0.25, 0.3) is 0 Å². The van der Waals surface area contributed by atoms with Crippen LogP contribution in [0.5, 0.6) is 0 Å². The number of aromatic nitrogens is 1. The van der Waals surface area contributed by atoms with E-state index >= 15 is 0 Å². The summed E-state index contributed by atoms with van der Waals surface area (Å²) in [4.78, 5) is 3.94. The topological polar surface area (TPSA) is 68.9 Å². The molecule has 0 saturated heterocycles. The molecule has 0 bridgehead atoms. The SMILES string of the molecule is N#Cc1cc(CNCC2(CO)CCCC2)ccn1. The summed E-state index contributed by atoms with van der Waals surface area (Å²) in [5.41, 5.74) is 1.59. The third kappa shape index (κ3) is 3.06. The van der Waals surface area contributed by atoms with E-state index in [2.05, 4.69) is 10.3 Å². The number of hydrogen-bond donors (Lipinski definition) is 2. The molecule has 96 valence electrons. The van der Waals surface area contributed by atoms with Gasteiger partial charge in [-0.15, -0.1) is 0 Å². The van der Waals surface area contributed by atoms with Gasteiger partial charge in [0.2, 0.25) is 0 Å². The van der Waals surface area contributed by atoms with Gasteiger partial charge in [-0.2, -0.15) is 5.26 Å². The minimum absolute atomic E-state index is 0.0745. The number of nitrogens with zero attached hydrogens (tertiary/aromatic N) is 2. The summed E-state index contributed by atoms with van der Waals surface area (Å²) < 4.78 is 0. The largest absolute Gasteiger partial charge is 0.396 e. The van der Waals surface area contributed by atoms with Crippen LogP contribution in [0.4, 0.5) is 0 Å². The number of nitrogens with one attached hydrogen (secondary N) is 1. The van der Waals surface area contributed by atoms with Gasteiger partial charge in [-0.3, -0.25) is 0 Å². The number of nitriles is 1. The van der Waals surface area contributed by atoms with Gasteiger partial charge in [-0.25, -0.2) is 4.98 Å². The van der Waals surface area contributed by atoms with Crippen LogP contribution >= 0.6 is 0 Å². The Hall–Kier alpha value is -1.44. The lowest BCUT2D eigenvalue weighted by atomic mass is 9.87. The van der Waals surface area contributed by atoms with Crippen LogP contribution in [0.15, 0.2) is 18.3 Å². The van der Waals surface area contributed by atoms with Crippen LogP contribution in [0.1, 0.15) is 36.9 Å². The molecule has 0 amide bonds. The standard InChI is InChI=1S/C14H19N3O/c15-8-13-7-12(3-6-17-13)9-16-10-14(11-18)4-1-2-5-14/h3,6-7,16,18H,1-2,4-5,9-11H2. The van der Waals surface area contributed by atoms with Crippen LogP contribution < -0.4 is 5.32 Å². The van der Waals surface area contributed by atoms with Crippen molar-refractivity contribution in [1.29, 1.82) is 5.26 Å². The van der Waals surface area contributed by atoms with Gasteiger partial charge in [-0.1, -0.05) is 12.8 Å². The van der Waals surface area contributed by atoms with Crippen molar-refractivity contribution in [2.24, 2.45) is 5.41 Å². The first-order chi connectivity index (χ1) is 8.78. The third-order valence-corrected chi connectivity index (χ3v) is 3.77. The van der Waals surface area contributed by atoms with Gasteiger partial charge >= 0.3 is 0 Å². The Morgan fingerprint density at radius 3 is 2.89 bits per heavy atom. The average molecular weight is 245 g/mol. The highest BCUT2D eigenvalue weighted by molar-refractivity contribution is 5.25. The van der Waals surface area contributed by atoms with E-state index in [4.69, 9.17) is 5.26 Å². The van der Waals surface area contributed by atoms with Gasteiger partial charge in [0.05, 0.1) is 0 Å². The molecule has 0 spiro atoms. The molecule has 1 heterocycles. The first-order valence-corrected chi connectivity index (χ1v) is 6.45. The van der Waals surface area contributed by atoms with Crippen molar-refractivity contribution >= 4 is 0 Å². The Morgan fingerprint density at radius 2 is 2.22 bits per heavy atom. The first kappa shape index (κ1) is 13.0. The quantitative estimate of drug-likeness (QED) is 0.826. The second-order valence-corrected chi connectivity index (χ2v) is 5.13. The fourth-order valence-electron chi connectivity index (χ4n) is 2.63. The van der Waals surface area contributed by atoms with Crippen molar-refractivity contribution in [1.82, 2.24) is 10.3 Å². The zero-order valence-corrected chi connectivity index (χ0v) is 10.5. The summed E-state index contributed by atoms with van der Waals surface area (Å²) in [6.45, 7) is 1.83. The fraction of sp³-hybridized carbons (Fsp3) is 0.571. The lowest BCUT2D eigenvalue weighted by molar-refractivity contribution is 0.128. The molecule has 2 rings (SSSR count). The van der Waals surface area contributed by atoms with E-state index in [1.807, 2.05) is 12.1 Å². The third-order valence-electron chi connectivity index (χ3n) is 3.77. The van der Waals surface area contributed by atoms with E-state index < -0.39 is 0 Å². The van der Waals surface area contributed by atoms with Gasteiger partial charge in [0.25, 0.3) is 0 Å². The molecule has 1 fully saturated rings. The molecular weight excluding hydrogens is 226 g/mol.